The molecule has 1 atom stereocenters. The summed E-state index contributed by atoms with van der Waals surface area (Å²) in [6, 6.07) is 5.42. The Balaban J connectivity index is 1.62. The molecule has 2 N–H and O–H groups in total. The summed E-state index contributed by atoms with van der Waals surface area (Å²) in [6.45, 7) is 5.51. The summed E-state index contributed by atoms with van der Waals surface area (Å²) in [6.07, 6.45) is 9.26. The average molecular weight is 339 g/mol. The van der Waals surface area contributed by atoms with Gasteiger partial charge in [-0.15, -0.1) is 0 Å². The maximum Gasteiger partial charge on any atom is 0.333 e. The van der Waals surface area contributed by atoms with Crippen LogP contribution in [0.5, 0.6) is 5.75 Å². The Labute approximate surface area is 146 Å². The van der Waals surface area contributed by atoms with E-state index < -0.39 is 0 Å². The molecule has 0 fully saturated rings. The van der Waals surface area contributed by atoms with Gasteiger partial charge in [0.05, 0.1) is 18.4 Å². The van der Waals surface area contributed by atoms with E-state index in [1.165, 1.54) is 0 Å². The average Bonchev–Trinajstić information content (AvgIpc) is 3.03. The number of nitrogens with one attached hydrogen (secondary N) is 1. The predicted molar refractivity (Wildman–Crippen MR) is 97.3 cm³/mol. The van der Waals surface area contributed by atoms with Crippen LogP contribution in [0.2, 0.25) is 0 Å². The monoisotopic (exact) mass is 339 g/mol. The summed E-state index contributed by atoms with van der Waals surface area (Å²) in [5.74, 6) is -0.215. The molecule has 0 bridgehead atoms. The van der Waals surface area contributed by atoms with Gasteiger partial charge in [-0.05, 0) is 43.5 Å². The van der Waals surface area contributed by atoms with E-state index in [1.807, 2.05) is 36.4 Å². The summed E-state index contributed by atoms with van der Waals surface area (Å²) < 4.78 is 5.10. The number of phenolic OH excluding ortho intramolecular Hbond substituents is 1. The van der Waals surface area contributed by atoms with E-state index >= 15 is 0 Å². The lowest BCUT2D eigenvalue weighted by Gasteiger charge is -2.18. The third-order valence-electron chi connectivity index (χ3n) is 3.94. The molecule has 0 saturated carbocycles. The summed E-state index contributed by atoms with van der Waals surface area (Å²) >= 11 is 0. The van der Waals surface area contributed by atoms with Crippen LogP contribution in [0, 0.1) is 0 Å². The molecule has 1 aliphatic carbocycles. The molecule has 1 unspecified atom stereocenters. The number of esters is 1. The number of aryl methyl sites for hydroxylation is 1. The number of hydrazine groups is 1. The largest absolute Gasteiger partial charge is 0.506 e. The molecular weight excluding hydrogens is 318 g/mol. The Morgan fingerprint density at radius 1 is 1.44 bits per heavy atom. The Kier molecular flexibility index (Phi) is 5.00. The number of rotatable bonds is 6. The van der Waals surface area contributed by atoms with Crippen LogP contribution in [0.15, 0.2) is 59.8 Å². The van der Waals surface area contributed by atoms with E-state index in [0.717, 1.165) is 17.7 Å². The van der Waals surface area contributed by atoms with E-state index in [1.54, 1.807) is 18.1 Å². The summed E-state index contributed by atoms with van der Waals surface area (Å²) in [4.78, 5) is 11.4. The number of hydrazone groups is 1. The van der Waals surface area contributed by atoms with Gasteiger partial charge in [0, 0.05) is 5.57 Å². The van der Waals surface area contributed by atoms with E-state index in [-0.39, 0.29) is 17.8 Å². The zero-order chi connectivity index (χ0) is 17.8. The highest BCUT2D eigenvalue weighted by atomic mass is 16.5. The number of ether oxygens (including phenoxy) is 1. The van der Waals surface area contributed by atoms with Crippen molar-refractivity contribution in [2.24, 2.45) is 5.10 Å². The fraction of sp³-hybridized carbons (Fsp3) is 0.263. The number of benzene rings is 1. The van der Waals surface area contributed by atoms with E-state index in [4.69, 9.17) is 4.74 Å². The van der Waals surface area contributed by atoms with E-state index in [2.05, 4.69) is 17.1 Å². The minimum atomic E-state index is -0.368. The van der Waals surface area contributed by atoms with Gasteiger partial charge in [-0.25, -0.2) is 4.79 Å². The number of aromatic hydroxyl groups is 1. The molecule has 3 rings (SSSR count). The van der Waals surface area contributed by atoms with Gasteiger partial charge in [-0.3, -0.25) is 0 Å². The first-order chi connectivity index (χ1) is 12.0. The number of carbonyl (C=O) groups is 1. The first kappa shape index (κ1) is 17.0. The SMILES string of the molecule is C=C(C)C(=O)OCCCc1ccc(O)c(N2N=C3C=CC=CC3N2)c1. The van der Waals surface area contributed by atoms with Gasteiger partial charge in [-0.2, -0.15) is 15.6 Å². The highest BCUT2D eigenvalue weighted by Gasteiger charge is 2.25. The molecule has 0 amide bonds. The lowest BCUT2D eigenvalue weighted by atomic mass is 10.1. The Hall–Kier alpha value is -2.86. The number of nitrogens with zero attached hydrogens (tertiary/aromatic N) is 2. The van der Waals surface area contributed by atoms with Gasteiger partial charge in [0.15, 0.2) is 0 Å². The van der Waals surface area contributed by atoms with Gasteiger partial charge in [0.2, 0.25) is 0 Å². The molecule has 2 aliphatic rings. The van der Waals surface area contributed by atoms with Crippen LogP contribution in [0.1, 0.15) is 18.9 Å². The first-order valence-corrected chi connectivity index (χ1v) is 8.19. The van der Waals surface area contributed by atoms with Crippen LogP contribution in [-0.2, 0) is 16.0 Å². The number of allylic oxidation sites excluding steroid dienone is 2. The highest BCUT2D eigenvalue weighted by molar-refractivity contribution is 6.03. The molecule has 130 valence electrons. The Morgan fingerprint density at radius 2 is 2.28 bits per heavy atom. The maximum atomic E-state index is 11.4. The van der Waals surface area contributed by atoms with Crippen molar-refractivity contribution in [3.8, 4) is 5.75 Å². The van der Waals surface area contributed by atoms with Crippen LogP contribution in [-0.4, -0.2) is 29.4 Å². The van der Waals surface area contributed by atoms with Crippen molar-refractivity contribution in [1.29, 1.82) is 0 Å². The van der Waals surface area contributed by atoms with Crippen LogP contribution in [0.3, 0.4) is 0 Å². The molecule has 0 radical (unpaired) electrons. The van der Waals surface area contributed by atoms with Crippen LogP contribution >= 0.6 is 0 Å². The topological polar surface area (TPSA) is 74.2 Å². The Morgan fingerprint density at radius 3 is 3.04 bits per heavy atom. The summed E-state index contributed by atoms with van der Waals surface area (Å²) in [7, 11) is 0. The van der Waals surface area contributed by atoms with Crippen molar-refractivity contribution in [2.45, 2.75) is 25.8 Å². The third-order valence-corrected chi connectivity index (χ3v) is 3.94. The minimum absolute atomic E-state index is 0.0228. The van der Waals surface area contributed by atoms with Gasteiger partial charge < -0.3 is 9.84 Å². The molecule has 0 spiro atoms. The molecule has 25 heavy (non-hydrogen) atoms. The molecule has 1 aliphatic heterocycles. The number of hydrogen-bond donors (Lipinski definition) is 2. The van der Waals surface area contributed by atoms with Crippen molar-refractivity contribution >= 4 is 17.4 Å². The second-order valence-corrected chi connectivity index (χ2v) is 6.03. The summed E-state index contributed by atoms with van der Waals surface area (Å²) in [5.41, 5.74) is 6.15. The standard InChI is InChI=1S/C19H21N3O3/c1-13(2)19(24)25-11-5-6-14-9-10-18(23)17(12-14)22-20-15-7-3-4-8-16(15)21-22/h3-4,7-10,12,15,20,23H,1,5-6,11H2,2H3. The fourth-order valence-electron chi connectivity index (χ4n) is 2.59. The molecular formula is C19H21N3O3. The lowest BCUT2D eigenvalue weighted by Crippen LogP contribution is -2.36. The smallest absolute Gasteiger partial charge is 0.333 e. The lowest BCUT2D eigenvalue weighted by molar-refractivity contribution is -0.139. The third kappa shape index (κ3) is 3.97. The molecule has 1 aromatic carbocycles. The molecule has 0 aromatic heterocycles. The van der Waals surface area contributed by atoms with Crippen LogP contribution in [0.4, 0.5) is 5.69 Å². The van der Waals surface area contributed by atoms with Crippen molar-refractivity contribution in [2.75, 3.05) is 11.7 Å². The Bertz CT molecular complexity index is 780. The van der Waals surface area contributed by atoms with Crippen molar-refractivity contribution in [1.82, 2.24) is 5.43 Å². The maximum absolute atomic E-state index is 11.4. The zero-order valence-electron chi connectivity index (χ0n) is 14.1. The summed E-state index contributed by atoms with van der Waals surface area (Å²) in [5, 5.41) is 16.2. The van der Waals surface area contributed by atoms with Gasteiger partial charge in [-0.1, -0.05) is 30.9 Å². The molecule has 1 aromatic rings. The highest BCUT2D eigenvalue weighted by Crippen LogP contribution is 2.30. The molecule has 0 saturated heterocycles. The molecule has 6 heteroatoms. The second-order valence-electron chi connectivity index (χ2n) is 6.03. The van der Waals surface area contributed by atoms with Crippen LogP contribution in [0.25, 0.3) is 0 Å². The number of fused-ring (bicyclic) bond motifs is 1. The van der Waals surface area contributed by atoms with Gasteiger partial charge >= 0.3 is 5.97 Å². The second kappa shape index (κ2) is 7.36. The van der Waals surface area contributed by atoms with Gasteiger partial charge in [0.25, 0.3) is 0 Å². The van der Waals surface area contributed by atoms with E-state index in [9.17, 15) is 9.90 Å². The number of anilines is 1. The van der Waals surface area contributed by atoms with Crippen LogP contribution < -0.4 is 10.5 Å². The minimum Gasteiger partial charge on any atom is -0.506 e. The van der Waals surface area contributed by atoms with Crippen molar-refractivity contribution in [3.05, 3.63) is 60.2 Å². The van der Waals surface area contributed by atoms with Gasteiger partial charge in [0.1, 0.15) is 11.4 Å². The quantitative estimate of drug-likeness (QED) is 0.473. The normalized spacial score (nSPS) is 18.0. The van der Waals surface area contributed by atoms with E-state index in [0.29, 0.717) is 24.3 Å². The first-order valence-electron chi connectivity index (χ1n) is 8.19. The number of phenols is 1. The fourth-order valence-corrected chi connectivity index (χ4v) is 2.59. The zero-order valence-corrected chi connectivity index (χ0v) is 14.1. The number of carbonyl (C=O) groups excluding carboxylic acids is 1. The molecule has 1 heterocycles. The van der Waals surface area contributed by atoms with Crippen molar-refractivity contribution < 1.29 is 14.6 Å². The number of hydrogen-bond acceptors (Lipinski definition) is 6. The van der Waals surface area contributed by atoms with Crippen molar-refractivity contribution in [3.63, 3.8) is 0 Å². The predicted octanol–water partition coefficient (Wildman–Crippen LogP) is 2.62. The molecule has 6 nitrogen and oxygen atoms in total.